The molecule has 5 rings (SSSR count). The molecule has 8 heteroatoms. The first-order chi connectivity index (χ1) is 18.0. The number of amides is 1. The fraction of sp³-hybridized carbons (Fsp3) is 0.310. The molecule has 4 aromatic rings. The van der Waals surface area contributed by atoms with E-state index in [-0.39, 0.29) is 11.9 Å². The van der Waals surface area contributed by atoms with Crippen molar-refractivity contribution in [3.05, 3.63) is 76.3 Å². The van der Waals surface area contributed by atoms with Crippen molar-refractivity contribution >= 4 is 44.7 Å². The third-order valence-corrected chi connectivity index (χ3v) is 8.94. The van der Waals surface area contributed by atoms with Gasteiger partial charge in [-0.25, -0.2) is 4.98 Å². The Morgan fingerprint density at radius 3 is 2.57 bits per heavy atom. The standard InChI is InChI=1S/C29H31ClN4O2S/c1-32-21-9-11-22(12-10-21)34(29(35)28-27(30)23-5-3-4-6-25(23)37-28)17-20-15-18(7-13-24(20)36-2)19-8-14-26(31)33-16-19/h3-8,13-16,21-22,32H,9-12,17H2,1-2H3,(H2,31,33)/t21-,22+. The van der Waals surface area contributed by atoms with Gasteiger partial charge in [-0.15, -0.1) is 11.3 Å². The topological polar surface area (TPSA) is 80.5 Å². The molecule has 1 fully saturated rings. The highest BCUT2D eigenvalue weighted by molar-refractivity contribution is 7.21. The minimum atomic E-state index is -0.0271. The van der Waals surface area contributed by atoms with Crippen LogP contribution in [-0.2, 0) is 6.54 Å². The summed E-state index contributed by atoms with van der Waals surface area (Å²) in [4.78, 5) is 21.0. The number of anilines is 1. The number of carbonyl (C=O) groups is 1. The van der Waals surface area contributed by atoms with Crippen LogP contribution in [0, 0.1) is 0 Å². The molecule has 0 atom stereocenters. The summed E-state index contributed by atoms with van der Waals surface area (Å²) >= 11 is 8.24. The van der Waals surface area contributed by atoms with Crippen molar-refractivity contribution in [3.8, 4) is 16.9 Å². The molecule has 2 aromatic heterocycles. The summed E-state index contributed by atoms with van der Waals surface area (Å²) in [5, 5.41) is 4.85. The number of hydrogen-bond donors (Lipinski definition) is 2. The number of nitrogen functional groups attached to an aromatic ring is 1. The number of benzene rings is 2. The Balaban J connectivity index is 1.52. The van der Waals surface area contributed by atoms with Crippen molar-refractivity contribution in [2.24, 2.45) is 0 Å². The molecular weight excluding hydrogens is 504 g/mol. The summed E-state index contributed by atoms with van der Waals surface area (Å²) < 4.78 is 6.75. The van der Waals surface area contributed by atoms with Gasteiger partial charge < -0.3 is 20.7 Å². The van der Waals surface area contributed by atoms with Gasteiger partial charge in [0.2, 0.25) is 0 Å². The molecule has 1 amide bonds. The van der Waals surface area contributed by atoms with E-state index < -0.39 is 0 Å². The Labute approximate surface area is 226 Å². The second-order valence-electron chi connectivity index (χ2n) is 9.47. The maximum absolute atomic E-state index is 14.2. The highest BCUT2D eigenvalue weighted by Gasteiger charge is 2.32. The van der Waals surface area contributed by atoms with Crippen molar-refractivity contribution in [2.45, 2.75) is 44.3 Å². The predicted octanol–water partition coefficient (Wildman–Crippen LogP) is 6.38. The van der Waals surface area contributed by atoms with Crippen LogP contribution in [0.4, 0.5) is 5.82 Å². The Bertz CT molecular complexity index is 1400. The first-order valence-electron chi connectivity index (χ1n) is 12.5. The van der Waals surface area contributed by atoms with Gasteiger partial charge in [0.15, 0.2) is 0 Å². The Kier molecular flexibility index (Phi) is 7.65. The van der Waals surface area contributed by atoms with Gasteiger partial charge in [-0.3, -0.25) is 4.79 Å². The first-order valence-corrected chi connectivity index (χ1v) is 13.7. The van der Waals surface area contributed by atoms with Gasteiger partial charge in [-0.1, -0.05) is 35.9 Å². The zero-order valence-corrected chi connectivity index (χ0v) is 22.6. The second-order valence-corrected chi connectivity index (χ2v) is 10.9. The average molecular weight is 535 g/mol. The lowest BCUT2D eigenvalue weighted by atomic mass is 9.89. The normalized spacial score (nSPS) is 17.6. The highest BCUT2D eigenvalue weighted by atomic mass is 35.5. The lowest BCUT2D eigenvalue weighted by molar-refractivity contribution is 0.0604. The molecule has 1 aliphatic rings. The van der Waals surface area contributed by atoms with Crippen LogP contribution in [0.25, 0.3) is 21.2 Å². The van der Waals surface area contributed by atoms with E-state index >= 15 is 0 Å². The number of pyridine rings is 1. The van der Waals surface area contributed by atoms with Gasteiger partial charge in [0.25, 0.3) is 5.91 Å². The minimum absolute atomic E-state index is 0.0271. The molecule has 0 radical (unpaired) electrons. The van der Waals surface area contributed by atoms with E-state index in [4.69, 9.17) is 22.1 Å². The van der Waals surface area contributed by atoms with E-state index in [1.54, 1.807) is 19.4 Å². The van der Waals surface area contributed by atoms with E-state index in [1.807, 2.05) is 54.4 Å². The van der Waals surface area contributed by atoms with E-state index in [2.05, 4.69) is 16.4 Å². The minimum Gasteiger partial charge on any atom is -0.496 e. The van der Waals surface area contributed by atoms with Crippen LogP contribution in [0.3, 0.4) is 0 Å². The van der Waals surface area contributed by atoms with Crippen molar-refractivity contribution in [3.63, 3.8) is 0 Å². The molecule has 0 saturated heterocycles. The third-order valence-electron chi connectivity index (χ3n) is 7.28. The Morgan fingerprint density at radius 2 is 1.89 bits per heavy atom. The van der Waals surface area contributed by atoms with Crippen LogP contribution in [0.15, 0.2) is 60.8 Å². The zero-order valence-electron chi connectivity index (χ0n) is 21.0. The number of ether oxygens (including phenoxy) is 1. The maximum Gasteiger partial charge on any atom is 0.266 e. The van der Waals surface area contributed by atoms with E-state index in [0.29, 0.717) is 28.3 Å². The molecular formula is C29H31ClN4O2S. The molecule has 3 N–H and O–H groups in total. The van der Waals surface area contributed by atoms with Gasteiger partial charge in [-0.2, -0.15) is 0 Å². The molecule has 6 nitrogen and oxygen atoms in total. The molecule has 0 spiro atoms. The summed E-state index contributed by atoms with van der Waals surface area (Å²) in [6, 6.07) is 18.3. The first kappa shape index (κ1) is 25.5. The molecule has 1 saturated carbocycles. The molecule has 0 aliphatic heterocycles. The van der Waals surface area contributed by atoms with Gasteiger partial charge in [-0.05, 0) is 68.6 Å². The van der Waals surface area contributed by atoms with Crippen molar-refractivity contribution in [1.82, 2.24) is 15.2 Å². The van der Waals surface area contributed by atoms with Crippen molar-refractivity contribution in [1.29, 1.82) is 0 Å². The number of rotatable bonds is 7. The quantitative estimate of drug-likeness (QED) is 0.287. The predicted molar refractivity (Wildman–Crippen MR) is 152 cm³/mol. The monoisotopic (exact) mass is 534 g/mol. The summed E-state index contributed by atoms with van der Waals surface area (Å²) in [6.45, 7) is 0.428. The molecule has 192 valence electrons. The molecule has 37 heavy (non-hydrogen) atoms. The average Bonchev–Trinajstić information content (AvgIpc) is 3.28. The number of halogens is 1. The highest BCUT2D eigenvalue weighted by Crippen LogP contribution is 2.38. The largest absolute Gasteiger partial charge is 0.496 e. The lowest BCUT2D eigenvalue weighted by Gasteiger charge is -2.37. The molecule has 0 bridgehead atoms. The van der Waals surface area contributed by atoms with Gasteiger partial charge in [0, 0.05) is 46.0 Å². The Hall–Kier alpha value is -3.13. The SMILES string of the molecule is CN[C@H]1CC[C@@H](N(Cc2cc(-c3ccc(N)nc3)ccc2OC)C(=O)c2sc3ccccc3c2Cl)CC1. The van der Waals surface area contributed by atoms with Crippen LogP contribution in [-0.4, -0.2) is 42.0 Å². The number of hydrogen-bond acceptors (Lipinski definition) is 6. The van der Waals surface area contributed by atoms with Crippen LogP contribution in [0.5, 0.6) is 5.75 Å². The number of thiophene rings is 1. The van der Waals surface area contributed by atoms with E-state index in [9.17, 15) is 4.79 Å². The summed E-state index contributed by atoms with van der Waals surface area (Å²) in [5.74, 6) is 1.20. The lowest BCUT2D eigenvalue weighted by Crippen LogP contribution is -2.44. The van der Waals surface area contributed by atoms with Crippen molar-refractivity contribution in [2.75, 3.05) is 19.9 Å². The van der Waals surface area contributed by atoms with Gasteiger partial charge in [0.05, 0.1) is 12.1 Å². The van der Waals surface area contributed by atoms with Crippen molar-refractivity contribution < 1.29 is 9.53 Å². The molecule has 2 heterocycles. The van der Waals surface area contributed by atoms with E-state index in [0.717, 1.165) is 58.2 Å². The van der Waals surface area contributed by atoms with E-state index in [1.165, 1.54) is 11.3 Å². The number of nitrogens with two attached hydrogens (primary N) is 1. The second kappa shape index (κ2) is 11.1. The maximum atomic E-state index is 14.2. The molecule has 1 aliphatic carbocycles. The number of carbonyl (C=O) groups excluding carboxylic acids is 1. The molecule has 2 aromatic carbocycles. The van der Waals surface area contributed by atoms with Crippen LogP contribution in [0.1, 0.15) is 40.9 Å². The molecule has 0 unspecified atom stereocenters. The Morgan fingerprint density at radius 1 is 1.14 bits per heavy atom. The third kappa shape index (κ3) is 5.30. The number of methoxy groups -OCH3 is 1. The smallest absolute Gasteiger partial charge is 0.266 e. The number of nitrogens with zero attached hydrogens (tertiary/aromatic N) is 2. The number of fused-ring (bicyclic) bond motifs is 1. The van der Waals surface area contributed by atoms with Gasteiger partial charge >= 0.3 is 0 Å². The van der Waals surface area contributed by atoms with Crippen LogP contribution >= 0.6 is 22.9 Å². The summed E-state index contributed by atoms with van der Waals surface area (Å²) in [7, 11) is 3.67. The fourth-order valence-corrected chi connectivity index (χ4v) is 6.63. The van der Waals surface area contributed by atoms with Crippen LogP contribution < -0.4 is 15.8 Å². The van der Waals surface area contributed by atoms with Gasteiger partial charge in [0.1, 0.15) is 16.4 Å². The van der Waals surface area contributed by atoms with Crippen LogP contribution in [0.2, 0.25) is 5.02 Å². The number of nitrogens with one attached hydrogen (secondary N) is 1. The summed E-state index contributed by atoms with van der Waals surface area (Å²) in [6.07, 6.45) is 5.69. The summed E-state index contributed by atoms with van der Waals surface area (Å²) in [5.41, 5.74) is 8.68. The fourth-order valence-electron chi connectivity index (χ4n) is 5.17. The zero-order chi connectivity index (χ0) is 25.9. The number of aromatic nitrogens is 1.